The molecule has 1 N–H and O–H groups in total. The molecular weight excluding hydrogens is 314 g/mol. The third-order valence-electron chi connectivity index (χ3n) is 4.89. The number of hydrogen-bond donors (Lipinski definition) is 1. The Hall–Kier alpha value is -2.04. The summed E-state index contributed by atoms with van der Waals surface area (Å²) in [6.07, 6.45) is 2.41. The van der Waals surface area contributed by atoms with Crippen LogP contribution < -0.4 is 9.47 Å². The Morgan fingerprint density at radius 3 is 2.72 bits per heavy atom. The number of aliphatic hydroxyl groups excluding tert-OH is 1. The van der Waals surface area contributed by atoms with Crippen molar-refractivity contribution in [3.05, 3.63) is 59.7 Å². The van der Waals surface area contributed by atoms with E-state index in [0.29, 0.717) is 6.61 Å². The van der Waals surface area contributed by atoms with E-state index >= 15 is 0 Å². The van der Waals surface area contributed by atoms with Crippen molar-refractivity contribution in [1.82, 2.24) is 4.90 Å². The number of ether oxygens (including phenoxy) is 2. The van der Waals surface area contributed by atoms with E-state index in [4.69, 9.17) is 9.47 Å². The molecular formula is C21H27NO3. The van der Waals surface area contributed by atoms with E-state index in [0.717, 1.165) is 37.3 Å². The predicted molar refractivity (Wildman–Crippen MR) is 99.4 cm³/mol. The van der Waals surface area contributed by atoms with E-state index in [-0.39, 0.29) is 12.1 Å². The lowest BCUT2D eigenvalue weighted by Crippen LogP contribution is -2.30. The molecule has 25 heavy (non-hydrogen) atoms. The van der Waals surface area contributed by atoms with Crippen LogP contribution in [0.3, 0.4) is 0 Å². The Labute approximate surface area is 150 Å². The summed E-state index contributed by atoms with van der Waals surface area (Å²) in [6, 6.07) is 16.7. The fraction of sp³-hybridized carbons (Fsp3) is 0.429. The highest BCUT2D eigenvalue weighted by Crippen LogP contribution is 2.23. The van der Waals surface area contributed by atoms with Gasteiger partial charge in [-0.1, -0.05) is 30.3 Å². The summed E-state index contributed by atoms with van der Waals surface area (Å²) in [5.41, 5.74) is 2.47. The van der Waals surface area contributed by atoms with Gasteiger partial charge in [0.2, 0.25) is 0 Å². The Bertz CT molecular complexity index is 688. The first kappa shape index (κ1) is 17.8. The van der Waals surface area contributed by atoms with Crippen molar-refractivity contribution in [2.45, 2.75) is 31.4 Å². The van der Waals surface area contributed by atoms with Crippen LogP contribution in [-0.2, 0) is 12.8 Å². The molecule has 0 spiro atoms. The maximum atomic E-state index is 9.77. The smallest absolute Gasteiger partial charge is 0.122 e. The summed E-state index contributed by atoms with van der Waals surface area (Å²) in [5, 5.41) is 9.77. The number of rotatable bonds is 7. The Balaban J connectivity index is 1.60. The monoisotopic (exact) mass is 341 g/mol. The van der Waals surface area contributed by atoms with Crippen LogP contribution in [0.1, 0.15) is 17.5 Å². The van der Waals surface area contributed by atoms with E-state index < -0.39 is 0 Å². The van der Waals surface area contributed by atoms with Gasteiger partial charge < -0.3 is 14.6 Å². The third-order valence-corrected chi connectivity index (χ3v) is 4.89. The van der Waals surface area contributed by atoms with Crippen LogP contribution in [0.25, 0.3) is 0 Å². The molecule has 0 unspecified atom stereocenters. The zero-order valence-electron chi connectivity index (χ0n) is 15.0. The predicted octanol–water partition coefficient (Wildman–Crippen LogP) is 2.92. The summed E-state index contributed by atoms with van der Waals surface area (Å²) >= 11 is 0. The van der Waals surface area contributed by atoms with E-state index in [1.54, 1.807) is 7.11 Å². The van der Waals surface area contributed by atoms with Gasteiger partial charge in [0.05, 0.1) is 13.2 Å². The minimum Gasteiger partial charge on any atom is -0.497 e. The lowest BCUT2D eigenvalue weighted by atomic mass is 10.0. The van der Waals surface area contributed by atoms with Crippen molar-refractivity contribution in [2.75, 3.05) is 27.3 Å². The molecule has 1 saturated heterocycles. The first-order chi connectivity index (χ1) is 12.2. The molecule has 3 rings (SSSR count). The third kappa shape index (κ3) is 4.74. The number of benzene rings is 2. The minimum atomic E-state index is -0.234. The standard InChI is InChI=1S/C21H27NO3/c1-22-14-19(23)13-18(22)15-25-21-9-4-3-7-17(21)11-10-16-6-5-8-20(12-16)24-2/h3-9,12,18-19,23H,10-11,13-15H2,1-2H3/t18-,19+/m0/s1. The van der Waals surface area contributed by atoms with Crippen LogP contribution in [0.5, 0.6) is 11.5 Å². The zero-order chi connectivity index (χ0) is 17.6. The van der Waals surface area contributed by atoms with Crippen molar-refractivity contribution in [3.63, 3.8) is 0 Å². The van der Waals surface area contributed by atoms with Crippen LogP contribution in [0, 0.1) is 0 Å². The van der Waals surface area contributed by atoms with E-state index in [2.05, 4.69) is 29.2 Å². The van der Waals surface area contributed by atoms with E-state index in [9.17, 15) is 5.11 Å². The lowest BCUT2D eigenvalue weighted by molar-refractivity contribution is 0.182. The molecule has 4 nitrogen and oxygen atoms in total. The first-order valence-corrected chi connectivity index (χ1v) is 8.87. The first-order valence-electron chi connectivity index (χ1n) is 8.87. The summed E-state index contributed by atoms with van der Waals surface area (Å²) in [6.45, 7) is 1.34. The molecule has 134 valence electrons. The summed E-state index contributed by atoms with van der Waals surface area (Å²) in [7, 11) is 3.73. The minimum absolute atomic E-state index is 0.234. The molecule has 4 heteroatoms. The molecule has 1 aliphatic heterocycles. The number of para-hydroxylation sites is 1. The van der Waals surface area contributed by atoms with Crippen LogP contribution in [0.15, 0.2) is 48.5 Å². The SMILES string of the molecule is COc1cccc(CCc2ccccc2OC[C@@H]2C[C@@H](O)CN2C)c1. The van der Waals surface area contributed by atoms with Crippen LogP contribution in [-0.4, -0.2) is 49.5 Å². The highest BCUT2D eigenvalue weighted by atomic mass is 16.5. The van der Waals surface area contributed by atoms with Gasteiger partial charge in [0, 0.05) is 12.6 Å². The van der Waals surface area contributed by atoms with Crippen molar-refractivity contribution in [3.8, 4) is 11.5 Å². The molecule has 0 aliphatic carbocycles. The average Bonchev–Trinajstić information content (AvgIpc) is 2.96. The molecule has 0 saturated carbocycles. The average molecular weight is 341 g/mol. The second-order valence-electron chi connectivity index (χ2n) is 6.75. The van der Waals surface area contributed by atoms with Crippen LogP contribution in [0.2, 0.25) is 0 Å². The number of aryl methyl sites for hydroxylation is 2. The highest BCUT2D eigenvalue weighted by molar-refractivity contribution is 5.35. The fourth-order valence-corrected chi connectivity index (χ4v) is 3.39. The fourth-order valence-electron chi connectivity index (χ4n) is 3.39. The van der Waals surface area contributed by atoms with Crippen LogP contribution in [0.4, 0.5) is 0 Å². The second-order valence-corrected chi connectivity index (χ2v) is 6.75. The lowest BCUT2D eigenvalue weighted by Gasteiger charge is -2.20. The van der Waals surface area contributed by atoms with Crippen molar-refractivity contribution in [1.29, 1.82) is 0 Å². The van der Waals surface area contributed by atoms with E-state index in [1.807, 2.05) is 31.3 Å². The van der Waals surface area contributed by atoms with Crippen molar-refractivity contribution < 1.29 is 14.6 Å². The van der Waals surface area contributed by atoms with Gasteiger partial charge in [-0.25, -0.2) is 0 Å². The van der Waals surface area contributed by atoms with Crippen molar-refractivity contribution in [2.24, 2.45) is 0 Å². The topological polar surface area (TPSA) is 41.9 Å². The molecule has 0 bridgehead atoms. The molecule has 2 aromatic carbocycles. The summed E-state index contributed by atoms with van der Waals surface area (Å²) < 4.78 is 11.4. The number of hydrogen-bond acceptors (Lipinski definition) is 4. The summed E-state index contributed by atoms with van der Waals surface area (Å²) in [4.78, 5) is 2.17. The van der Waals surface area contributed by atoms with Gasteiger partial charge in [-0.15, -0.1) is 0 Å². The molecule has 1 aliphatic rings. The molecule has 0 amide bonds. The maximum Gasteiger partial charge on any atom is 0.122 e. The van der Waals surface area contributed by atoms with Gasteiger partial charge in [-0.2, -0.15) is 0 Å². The number of nitrogens with zero attached hydrogens (tertiary/aromatic N) is 1. The van der Waals surface area contributed by atoms with Gasteiger partial charge in [-0.3, -0.25) is 4.90 Å². The van der Waals surface area contributed by atoms with Gasteiger partial charge in [0.25, 0.3) is 0 Å². The maximum absolute atomic E-state index is 9.77. The van der Waals surface area contributed by atoms with Gasteiger partial charge in [0.1, 0.15) is 18.1 Å². The Kier molecular flexibility index (Phi) is 5.95. The normalized spacial score (nSPS) is 20.6. The number of likely N-dealkylation sites (tertiary alicyclic amines) is 1. The second kappa shape index (κ2) is 8.37. The number of β-amino-alcohol motifs (C(OH)–C–C–N with tert-alkyl or cyclic N) is 1. The van der Waals surface area contributed by atoms with Gasteiger partial charge >= 0.3 is 0 Å². The highest BCUT2D eigenvalue weighted by Gasteiger charge is 2.28. The molecule has 0 radical (unpaired) electrons. The quantitative estimate of drug-likeness (QED) is 0.841. The van der Waals surface area contributed by atoms with Crippen LogP contribution >= 0.6 is 0 Å². The van der Waals surface area contributed by atoms with Gasteiger partial charge in [-0.05, 0) is 55.6 Å². The number of aliphatic hydroxyl groups is 1. The number of methoxy groups -OCH3 is 1. The molecule has 2 atom stereocenters. The Morgan fingerprint density at radius 2 is 1.96 bits per heavy atom. The zero-order valence-corrected chi connectivity index (χ0v) is 15.0. The van der Waals surface area contributed by atoms with Crippen molar-refractivity contribution >= 4 is 0 Å². The Morgan fingerprint density at radius 1 is 1.12 bits per heavy atom. The molecule has 0 aromatic heterocycles. The molecule has 1 heterocycles. The molecule has 1 fully saturated rings. The largest absolute Gasteiger partial charge is 0.497 e. The number of likely N-dealkylation sites (N-methyl/N-ethyl adjacent to an activating group) is 1. The molecule has 2 aromatic rings. The summed E-state index contributed by atoms with van der Waals surface area (Å²) in [5.74, 6) is 1.84. The van der Waals surface area contributed by atoms with E-state index in [1.165, 1.54) is 11.1 Å². The van der Waals surface area contributed by atoms with Gasteiger partial charge in [0.15, 0.2) is 0 Å².